The molecule has 1 aromatic carbocycles. The molecule has 0 bridgehead atoms. The first-order valence-electron chi connectivity index (χ1n) is 7.78. The molecule has 0 saturated heterocycles. The van der Waals surface area contributed by atoms with Crippen LogP contribution in [0.5, 0.6) is 0 Å². The fourth-order valence-electron chi connectivity index (χ4n) is 2.40. The Morgan fingerprint density at radius 3 is 2.75 bits per heavy atom. The van der Waals surface area contributed by atoms with Crippen molar-refractivity contribution in [2.24, 2.45) is 0 Å². The van der Waals surface area contributed by atoms with Gasteiger partial charge in [0.15, 0.2) is 5.76 Å². The average Bonchev–Trinajstić information content (AvgIpc) is 3.23. The first kappa shape index (κ1) is 16.0. The van der Waals surface area contributed by atoms with Crippen LogP contribution in [-0.4, -0.2) is 27.0 Å². The number of aromatic nitrogens is 2. The van der Waals surface area contributed by atoms with Gasteiger partial charge in [0.1, 0.15) is 6.54 Å². The van der Waals surface area contributed by atoms with Gasteiger partial charge in [0.05, 0.1) is 6.26 Å². The van der Waals surface area contributed by atoms with Gasteiger partial charge in [-0.1, -0.05) is 28.9 Å². The molecule has 1 amide bonds. The third kappa shape index (κ3) is 3.37. The molecule has 0 atom stereocenters. The number of aryl methyl sites for hydroxylation is 1. The summed E-state index contributed by atoms with van der Waals surface area (Å²) < 4.78 is 10.5. The molecule has 6 heteroatoms. The summed E-state index contributed by atoms with van der Waals surface area (Å²) >= 11 is 0. The lowest BCUT2D eigenvalue weighted by molar-refractivity contribution is 0.0634. The number of hydrogen-bond acceptors (Lipinski definition) is 5. The SMILES string of the molecule is Cc1cccc(-c2noc(CN(C(=O)c3ccco3)C(C)C)n2)c1. The second-order valence-corrected chi connectivity index (χ2v) is 5.89. The summed E-state index contributed by atoms with van der Waals surface area (Å²) in [5.41, 5.74) is 2.01. The third-order valence-electron chi connectivity index (χ3n) is 3.67. The minimum atomic E-state index is -0.203. The summed E-state index contributed by atoms with van der Waals surface area (Å²) in [6.07, 6.45) is 1.48. The van der Waals surface area contributed by atoms with Crippen LogP contribution in [0.2, 0.25) is 0 Å². The number of carbonyl (C=O) groups excluding carboxylic acids is 1. The first-order chi connectivity index (χ1) is 11.5. The lowest BCUT2D eigenvalue weighted by atomic mass is 10.1. The minimum Gasteiger partial charge on any atom is -0.459 e. The largest absolute Gasteiger partial charge is 0.459 e. The van der Waals surface area contributed by atoms with E-state index in [1.807, 2.05) is 45.0 Å². The minimum absolute atomic E-state index is 0.0306. The molecule has 2 heterocycles. The normalized spacial score (nSPS) is 11.0. The molecule has 0 aliphatic rings. The van der Waals surface area contributed by atoms with Crippen LogP contribution in [0.4, 0.5) is 0 Å². The molecule has 124 valence electrons. The summed E-state index contributed by atoms with van der Waals surface area (Å²) in [7, 11) is 0. The van der Waals surface area contributed by atoms with Gasteiger partial charge in [-0.25, -0.2) is 0 Å². The van der Waals surface area contributed by atoms with Gasteiger partial charge in [0.2, 0.25) is 11.7 Å². The van der Waals surface area contributed by atoms with Crippen molar-refractivity contribution in [3.05, 3.63) is 59.9 Å². The van der Waals surface area contributed by atoms with E-state index in [1.54, 1.807) is 17.0 Å². The molecular weight excluding hydrogens is 306 g/mol. The standard InChI is InChI=1S/C18H19N3O3/c1-12(2)21(18(22)15-8-5-9-23-15)11-16-19-17(20-24-16)14-7-4-6-13(3)10-14/h4-10,12H,11H2,1-3H3. The van der Waals surface area contributed by atoms with Crippen LogP contribution < -0.4 is 0 Å². The molecule has 0 fully saturated rings. The highest BCUT2D eigenvalue weighted by Gasteiger charge is 2.23. The lowest BCUT2D eigenvalue weighted by Crippen LogP contribution is -2.36. The second-order valence-electron chi connectivity index (χ2n) is 5.89. The van der Waals surface area contributed by atoms with Crippen molar-refractivity contribution in [2.75, 3.05) is 0 Å². The molecule has 0 N–H and O–H groups in total. The maximum atomic E-state index is 12.5. The van der Waals surface area contributed by atoms with Gasteiger partial charge >= 0.3 is 0 Å². The molecule has 0 radical (unpaired) electrons. The molecule has 3 aromatic rings. The van der Waals surface area contributed by atoms with Crippen molar-refractivity contribution in [1.29, 1.82) is 0 Å². The molecule has 0 aliphatic heterocycles. The number of benzene rings is 1. The van der Waals surface area contributed by atoms with Gasteiger partial charge in [-0.3, -0.25) is 4.79 Å². The van der Waals surface area contributed by atoms with E-state index in [-0.39, 0.29) is 18.5 Å². The molecule has 0 spiro atoms. The topological polar surface area (TPSA) is 72.4 Å². The Morgan fingerprint density at radius 1 is 1.25 bits per heavy atom. The van der Waals surface area contributed by atoms with Crippen molar-refractivity contribution in [3.63, 3.8) is 0 Å². The zero-order chi connectivity index (χ0) is 17.1. The van der Waals surface area contributed by atoms with Crippen LogP contribution in [-0.2, 0) is 6.54 Å². The highest BCUT2D eigenvalue weighted by Crippen LogP contribution is 2.19. The van der Waals surface area contributed by atoms with Crippen molar-refractivity contribution in [3.8, 4) is 11.4 Å². The summed E-state index contributed by atoms with van der Waals surface area (Å²) in [6, 6.07) is 11.2. The van der Waals surface area contributed by atoms with Crippen LogP contribution in [0.15, 0.2) is 51.6 Å². The Kier molecular flexibility index (Phi) is 4.46. The number of carbonyl (C=O) groups is 1. The lowest BCUT2D eigenvalue weighted by Gasteiger charge is -2.23. The van der Waals surface area contributed by atoms with Crippen molar-refractivity contribution >= 4 is 5.91 Å². The molecule has 6 nitrogen and oxygen atoms in total. The number of nitrogens with zero attached hydrogens (tertiary/aromatic N) is 3. The summed E-state index contributed by atoms with van der Waals surface area (Å²) in [4.78, 5) is 18.6. The number of hydrogen-bond donors (Lipinski definition) is 0. The first-order valence-corrected chi connectivity index (χ1v) is 7.78. The van der Waals surface area contributed by atoms with E-state index >= 15 is 0 Å². The molecule has 0 aliphatic carbocycles. The number of amides is 1. The Labute approximate surface area is 140 Å². The van der Waals surface area contributed by atoms with E-state index in [9.17, 15) is 4.79 Å². The third-order valence-corrected chi connectivity index (χ3v) is 3.67. The maximum Gasteiger partial charge on any atom is 0.290 e. The van der Waals surface area contributed by atoms with Gasteiger partial charge in [0, 0.05) is 11.6 Å². The molecule has 2 aromatic heterocycles. The van der Waals surface area contributed by atoms with Crippen LogP contribution in [0.3, 0.4) is 0 Å². The predicted octanol–water partition coefficient (Wildman–Crippen LogP) is 3.69. The monoisotopic (exact) mass is 325 g/mol. The fraction of sp³-hybridized carbons (Fsp3) is 0.278. The van der Waals surface area contributed by atoms with Crippen LogP contribution >= 0.6 is 0 Å². The molecule has 3 rings (SSSR count). The Morgan fingerprint density at radius 2 is 2.08 bits per heavy atom. The quantitative estimate of drug-likeness (QED) is 0.715. The molecular formula is C18H19N3O3. The molecule has 0 saturated carbocycles. The molecule has 24 heavy (non-hydrogen) atoms. The highest BCUT2D eigenvalue weighted by molar-refractivity contribution is 5.91. The Bertz CT molecular complexity index is 822. The van der Waals surface area contributed by atoms with Gasteiger partial charge < -0.3 is 13.8 Å². The van der Waals surface area contributed by atoms with Gasteiger partial charge in [-0.2, -0.15) is 4.98 Å². The van der Waals surface area contributed by atoms with Crippen molar-refractivity contribution < 1.29 is 13.7 Å². The van der Waals surface area contributed by atoms with Gasteiger partial charge in [0.25, 0.3) is 5.91 Å². The maximum absolute atomic E-state index is 12.5. The summed E-state index contributed by atoms with van der Waals surface area (Å²) in [6.45, 7) is 6.10. The average molecular weight is 325 g/mol. The van der Waals surface area contributed by atoms with Gasteiger partial charge in [-0.15, -0.1) is 0 Å². The van der Waals surface area contributed by atoms with E-state index in [4.69, 9.17) is 8.94 Å². The van der Waals surface area contributed by atoms with Crippen molar-refractivity contribution in [1.82, 2.24) is 15.0 Å². The van der Waals surface area contributed by atoms with Crippen LogP contribution in [0.25, 0.3) is 11.4 Å². The predicted molar refractivity (Wildman–Crippen MR) is 88.2 cm³/mol. The number of rotatable bonds is 5. The molecule has 0 unspecified atom stereocenters. The fourth-order valence-corrected chi connectivity index (χ4v) is 2.40. The second kappa shape index (κ2) is 6.70. The van der Waals surface area contributed by atoms with Crippen LogP contribution in [0, 0.1) is 6.92 Å². The zero-order valence-corrected chi connectivity index (χ0v) is 13.9. The summed E-state index contributed by atoms with van der Waals surface area (Å²) in [5.74, 6) is 0.996. The smallest absolute Gasteiger partial charge is 0.290 e. The summed E-state index contributed by atoms with van der Waals surface area (Å²) in [5, 5.41) is 4.01. The van der Waals surface area contributed by atoms with E-state index in [1.165, 1.54) is 6.26 Å². The van der Waals surface area contributed by atoms with E-state index < -0.39 is 0 Å². The highest BCUT2D eigenvalue weighted by atomic mass is 16.5. The van der Waals surface area contributed by atoms with Crippen LogP contribution in [0.1, 0.15) is 35.9 Å². The van der Waals surface area contributed by atoms with E-state index in [2.05, 4.69) is 10.1 Å². The Balaban J connectivity index is 1.80. The Hall–Kier alpha value is -2.89. The zero-order valence-electron chi connectivity index (χ0n) is 13.9. The van der Waals surface area contributed by atoms with E-state index in [0.717, 1.165) is 11.1 Å². The van der Waals surface area contributed by atoms with E-state index in [0.29, 0.717) is 17.5 Å². The van der Waals surface area contributed by atoms with Gasteiger partial charge in [-0.05, 0) is 39.0 Å². The van der Waals surface area contributed by atoms with Crippen molar-refractivity contribution in [2.45, 2.75) is 33.4 Å². The number of furan rings is 1.